The Hall–Kier alpha value is -1.71. The first-order valence-corrected chi connectivity index (χ1v) is 7.18. The molecule has 0 saturated carbocycles. The Morgan fingerprint density at radius 3 is 2.90 bits per heavy atom. The van der Waals surface area contributed by atoms with Crippen molar-refractivity contribution in [2.24, 2.45) is 5.92 Å². The van der Waals surface area contributed by atoms with Crippen molar-refractivity contribution in [3.63, 3.8) is 0 Å². The van der Waals surface area contributed by atoms with Crippen molar-refractivity contribution in [2.75, 3.05) is 12.3 Å². The normalized spacial score (nSPS) is 18.2. The van der Waals surface area contributed by atoms with Crippen LogP contribution in [-0.2, 0) is 17.6 Å². The largest absolute Gasteiger partial charge is 0.444 e. The summed E-state index contributed by atoms with van der Waals surface area (Å²) in [6.07, 6.45) is 2.69. The van der Waals surface area contributed by atoms with Crippen LogP contribution in [0.2, 0.25) is 0 Å². The highest BCUT2D eigenvalue weighted by Crippen LogP contribution is 2.29. The van der Waals surface area contributed by atoms with Gasteiger partial charge in [-0.3, -0.25) is 0 Å². The summed E-state index contributed by atoms with van der Waals surface area (Å²) in [5.41, 5.74) is 9.04. The van der Waals surface area contributed by atoms with Crippen molar-refractivity contribution in [3.05, 3.63) is 29.3 Å². The third-order valence-corrected chi connectivity index (χ3v) is 3.56. The fraction of sp³-hybridized carbons (Fsp3) is 0.562. The Morgan fingerprint density at radius 1 is 1.45 bits per heavy atom. The molecule has 1 aromatic carbocycles. The molecular formula is C16H24N2O2. The molecule has 0 aromatic heterocycles. The van der Waals surface area contributed by atoms with Crippen LogP contribution in [0.3, 0.4) is 0 Å². The Labute approximate surface area is 120 Å². The van der Waals surface area contributed by atoms with E-state index in [2.05, 4.69) is 11.4 Å². The van der Waals surface area contributed by atoms with Gasteiger partial charge in [-0.25, -0.2) is 4.79 Å². The zero-order valence-corrected chi connectivity index (χ0v) is 12.5. The highest BCUT2D eigenvalue weighted by Gasteiger charge is 2.22. The minimum atomic E-state index is -0.451. The third kappa shape index (κ3) is 3.89. The van der Waals surface area contributed by atoms with Crippen LogP contribution in [-0.4, -0.2) is 18.2 Å². The summed E-state index contributed by atoms with van der Waals surface area (Å²) in [5.74, 6) is 0.430. The minimum absolute atomic E-state index is 0.343. The molecule has 1 aliphatic carbocycles. The van der Waals surface area contributed by atoms with E-state index in [-0.39, 0.29) is 6.09 Å². The number of anilines is 1. The van der Waals surface area contributed by atoms with Crippen molar-refractivity contribution in [1.82, 2.24) is 5.32 Å². The minimum Gasteiger partial charge on any atom is -0.444 e. The standard InChI is InChI=1S/C16H24N2O2/c1-16(2,3)20-15(19)18-10-11-7-8-12-5-4-6-14(17)13(12)9-11/h4-6,11H,7-10,17H2,1-3H3,(H,18,19). The molecule has 4 nitrogen and oxygen atoms in total. The zero-order valence-electron chi connectivity index (χ0n) is 12.5. The Morgan fingerprint density at radius 2 is 2.20 bits per heavy atom. The lowest BCUT2D eigenvalue weighted by molar-refractivity contribution is 0.0518. The molecule has 4 heteroatoms. The second-order valence-corrected chi connectivity index (χ2v) is 6.48. The lowest BCUT2D eigenvalue weighted by Gasteiger charge is -2.26. The molecule has 110 valence electrons. The molecule has 1 unspecified atom stereocenters. The average molecular weight is 276 g/mol. The van der Waals surface area contributed by atoms with Crippen molar-refractivity contribution < 1.29 is 9.53 Å². The van der Waals surface area contributed by atoms with E-state index in [1.165, 1.54) is 11.1 Å². The van der Waals surface area contributed by atoms with Crippen LogP contribution in [0.1, 0.15) is 38.3 Å². The molecule has 0 heterocycles. The molecule has 1 amide bonds. The number of benzene rings is 1. The first-order valence-electron chi connectivity index (χ1n) is 7.18. The predicted molar refractivity (Wildman–Crippen MR) is 80.6 cm³/mol. The van der Waals surface area contributed by atoms with E-state index in [0.29, 0.717) is 12.5 Å². The number of nitrogens with one attached hydrogen (secondary N) is 1. The number of amides is 1. The summed E-state index contributed by atoms with van der Waals surface area (Å²) >= 11 is 0. The third-order valence-electron chi connectivity index (χ3n) is 3.56. The van der Waals surface area contributed by atoms with Crippen molar-refractivity contribution in [1.29, 1.82) is 0 Å². The second kappa shape index (κ2) is 5.73. The van der Waals surface area contributed by atoms with Gasteiger partial charge in [-0.1, -0.05) is 12.1 Å². The van der Waals surface area contributed by atoms with E-state index < -0.39 is 5.60 Å². The van der Waals surface area contributed by atoms with E-state index >= 15 is 0 Å². The number of fused-ring (bicyclic) bond motifs is 1. The number of hydrogen-bond donors (Lipinski definition) is 2. The summed E-state index contributed by atoms with van der Waals surface area (Å²) in [6, 6.07) is 6.10. The smallest absolute Gasteiger partial charge is 0.407 e. The molecular weight excluding hydrogens is 252 g/mol. The molecule has 0 bridgehead atoms. The number of nitrogens with two attached hydrogens (primary N) is 1. The molecule has 0 spiro atoms. The molecule has 2 rings (SSSR count). The van der Waals surface area contributed by atoms with Crippen LogP contribution in [0.15, 0.2) is 18.2 Å². The molecule has 1 aromatic rings. The van der Waals surface area contributed by atoms with E-state index in [1.807, 2.05) is 32.9 Å². The van der Waals surface area contributed by atoms with Crippen LogP contribution in [0, 0.1) is 5.92 Å². The maximum Gasteiger partial charge on any atom is 0.407 e. The van der Waals surface area contributed by atoms with Gasteiger partial charge in [0, 0.05) is 12.2 Å². The number of nitrogen functional groups attached to an aromatic ring is 1. The molecule has 1 aliphatic rings. The topological polar surface area (TPSA) is 64.3 Å². The molecule has 0 radical (unpaired) electrons. The summed E-state index contributed by atoms with van der Waals surface area (Å²) in [4.78, 5) is 11.7. The molecule has 0 aliphatic heterocycles. The summed E-state index contributed by atoms with van der Waals surface area (Å²) < 4.78 is 5.25. The van der Waals surface area contributed by atoms with Gasteiger partial charge in [0.2, 0.25) is 0 Å². The number of rotatable bonds is 2. The number of alkyl carbamates (subject to hydrolysis) is 1. The van der Waals surface area contributed by atoms with Crippen molar-refractivity contribution in [2.45, 2.75) is 45.6 Å². The van der Waals surface area contributed by atoms with E-state index in [4.69, 9.17) is 10.5 Å². The fourth-order valence-corrected chi connectivity index (χ4v) is 2.60. The van der Waals surface area contributed by atoms with Crippen LogP contribution >= 0.6 is 0 Å². The Balaban J connectivity index is 1.88. The molecule has 0 fully saturated rings. The predicted octanol–water partition coefficient (Wildman–Crippen LogP) is 2.90. The molecule has 3 N–H and O–H groups in total. The van der Waals surface area contributed by atoms with Gasteiger partial charge in [-0.05, 0) is 63.1 Å². The quantitative estimate of drug-likeness (QED) is 0.816. The number of carbonyl (C=O) groups excluding carboxylic acids is 1. The number of carbonyl (C=O) groups is 1. The highest BCUT2D eigenvalue weighted by molar-refractivity contribution is 5.67. The van der Waals surface area contributed by atoms with Crippen LogP contribution < -0.4 is 11.1 Å². The van der Waals surface area contributed by atoms with E-state index in [9.17, 15) is 4.79 Å². The molecule has 1 atom stereocenters. The van der Waals surface area contributed by atoms with Gasteiger partial charge in [0.05, 0.1) is 0 Å². The second-order valence-electron chi connectivity index (χ2n) is 6.48. The maximum absolute atomic E-state index is 11.7. The lowest BCUT2D eigenvalue weighted by atomic mass is 9.83. The van der Waals surface area contributed by atoms with Crippen molar-refractivity contribution in [3.8, 4) is 0 Å². The first-order chi connectivity index (χ1) is 9.35. The summed E-state index contributed by atoms with van der Waals surface area (Å²) in [5, 5.41) is 2.86. The van der Waals surface area contributed by atoms with Crippen LogP contribution in [0.4, 0.5) is 10.5 Å². The SMILES string of the molecule is CC(C)(C)OC(=O)NCC1CCc2cccc(N)c2C1. The van der Waals surface area contributed by atoms with E-state index in [1.54, 1.807) is 0 Å². The van der Waals surface area contributed by atoms with Gasteiger partial charge in [0.1, 0.15) is 5.60 Å². The average Bonchev–Trinajstić information content (AvgIpc) is 2.35. The van der Waals surface area contributed by atoms with Crippen LogP contribution in [0.25, 0.3) is 0 Å². The van der Waals surface area contributed by atoms with Gasteiger partial charge in [0.25, 0.3) is 0 Å². The van der Waals surface area contributed by atoms with Gasteiger partial charge in [0.15, 0.2) is 0 Å². The van der Waals surface area contributed by atoms with E-state index in [0.717, 1.165) is 24.9 Å². The Bertz CT molecular complexity index is 492. The van der Waals surface area contributed by atoms with Crippen LogP contribution in [0.5, 0.6) is 0 Å². The van der Waals surface area contributed by atoms with Gasteiger partial charge in [-0.2, -0.15) is 0 Å². The molecule has 0 saturated heterocycles. The highest BCUT2D eigenvalue weighted by atomic mass is 16.6. The first kappa shape index (κ1) is 14.7. The fourth-order valence-electron chi connectivity index (χ4n) is 2.60. The number of aryl methyl sites for hydroxylation is 1. The van der Waals surface area contributed by atoms with Gasteiger partial charge < -0.3 is 15.8 Å². The molecule has 20 heavy (non-hydrogen) atoms. The Kier molecular flexibility index (Phi) is 4.21. The van der Waals surface area contributed by atoms with Gasteiger partial charge >= 0.3 is 6.09 Å². The lowest BCUT2D eigenvalue weighted by Crippen LogP contribution is -2.36. The maximum atomic E-state index is 11.7. The summed E-state index contributed by atoms with van der Waals surface area (Å²) in [7, 11) is 0. The monoisotopic (exact) mass is 276 g/mol. The van der Waals surface area contributed by atoms with Crippen molar-refractivity contribution >= 4 is 11.8 Å². The van der Waals surface area contributed by atoms with Gasteiger partial charge in [-0.15, -0.1) is 0 Å². The number of ether oxygens (including phenoxy) is 1. The number of hydrogen-bond acceptors (Lipinski definition) is 3. The summed E-state index contributed by atoms with van der Waals surface area (Å²) in [6.45, 7) is 6.24. The zero-order chi connectivity index (χ0) is 14.8.